The Morgan fingerprint density at radius 3 is 2.79 bits per heavy atom. The van der Waals surface area contributed by atoms with Crippen LogP contribution in [0, 0.1) is 5.92 Å². The van der Waals surface area contributed by atoms with Gasteiger partial charge < -0.3 is 5.32 Å². The van der Waals surface area contributed by atoms with E-state index in [1.54, 1.807) is 0 Å². The van der Waals surface area contributed by atoms with Gasteiger partial charge in [0.05, 0.1) is 0 Å². The third kappa shape index (κ3) is 4.70. The Morgan fingerprint density at radius 1 is 1.43 bits per heavy atom. The van der Waals surface area contributed by atoms with Gasteiger partial charge in [-0.15, -0.1) is 0 Å². The van der Waals surface area contributed by atoms with E-state index in [2.05, 4.69) is 37.8 Å². The molecule has 0 heterocycles. The van der Waals surface area contributed by atoms with E-state index in [-0.39, 0.29) is 0 Å². The number of nitrogens with one attached hydrogen (secondary N) is 1. The Labute approximate surface area is 93.4 Å². The van der Waals surface area contributed by atoms with Crippen LogP contribution in [0.3, 0.4) is 0 Å². The van der Waals surface area contributed by atoms with Gasteiger partial charge in [0.25, 0.3) is 0 Å². The highest BCUT2D eigenvalue weighted by atomic mass is 32.2. The first-order chi connectivity index (χ1) is 6.72. The Morgan fingerprint density at radius 2 is 2.21 bits per heavy atom. The van der Waals surface area contributed by atoms with Gasteiger partial charge in [-0.05, 0) is 50.0 Å². The van der Waals surface area contributed by atoms with E-state index >= 15 is 0 Å². The maximum atomic E-state index is 3.75. The van der Waals surface area contributed by atoms with Crippen LogP contribution in [0.2, 0.25) is 0 Å². The minimum absolute atomic E-state index is 0.712. The highest BCUT2D eigenvalue weighted by molar-refractivity contribution is 7.99. The molecule has 3 unspecified atom stereocenters. The van der Waals surface area contributed by atoms with Gasteiger partial charge in [0.15, 0.2) is 0 Å². The highest BCUT2D eigenvalue weighted by Crippen LogP contribution is 2.25. The molecule has 14 heavy (non-hydrogen) atoms. The predicted molar refractivity (Wildman–Crippen MR) is 67.0 cm³/mol. The second kappa shape index (κ2) is 6.73. The van der Waals surface area contributed by atoms with Gasteiger partial charge in [-0.2, -0.15) is 11.8 Å². The van der Waals surface area contributed by atoms with Gasteiger partial charge in [-0.1, -0.05) is 13.8 Å². The van der Waals surface area contributed by atoms with Gasteiger partial charge in [0.2, 0.25) is 0 Å². The molecular formula is C12H25NS. The maximum absolute atomic E-state index is 3.75. The number of hydrogen-bond acceptors (Lipinski definition) is 2. The lowest BCUT2D eigenvalue weighted by Gasteiger charge is -2.19. The van der Waals surface area contributed by atoms with Gasteiger partial charge >= 0.3 is 0 Å². The third-order valence-electron chi connectivity index (χ3n) is 3.11. The molecule has 0 aromatic carbocycles. The van der Waals surface area contributed by atoms with Crippen molar-refractivity contribution in [2.75, 3.05) is 11.5 Å². The molecule has 1 N–H and O–H groups in total. The minimum atomic E-state index is 0.712. The molecule has 1 aliphatic carbocycles. The molecule has 0 spiro atoms. The van der Waals surface area contributed by atoms with Crippen LogP contribution in [0.1, 0.15) is 46.5 Å². The summed E-state index contributed by atoms with van der Waals surface area (Å²) in [6, 6.07) is 1.52. The fraction of sp³-hybridized carbons (Fsp3) is 1.00. The molecule has 1 aliphatic rings. The van der Waals surface area contributed by atoms with E-state index in [4.69, 9.17) is 0 Å². The minimum Gasteiger partial charge on any atom is -0.311 e. The van der Waals surface area contributed by atoms with Crippen LogP contribution in [0.15, 0.2) is 0 Å². The summed E-state index contributed by atoms with van der Waals surface area (Å²) in [5.41, 5.74) is 0. The smallest absolute Gasteiger partial charge is 0.00721 e. The van der Waals surface area contributed by atoms with E-state index in [0.717, 1.165) is 12.0 Å². The predicted octanol–water partition coefficient (Wildman–Crippen LogP) is 3.30. The zero-order valence-electron chi connectivity index (χ0n) is 9.88. The Balaban J connectivity index is 2.05. The number of hydrogen-bond donors (Lipinski definition) is 1. The van der Waals surface area contributed by atoms with Crippen molar-refractivity contribution in [3.8, 4) is 0 Å². The third-order valence-corrected chi connectivity index (χ3v) is 4.05. The molecule has 1 nitrogen and oxygen atoms in total. The summed E-state index contributed by atoms with van der Waals surface area (Å²) in [5.74, 6) is 3.52. The quantitative estimate of drug-likeness (QED) is 0.682. The van der Waals surface area contributed by atoms with Crippen molar-refractivity contribution < 1.29 is 0 Å². The Bertz CT molecular complexity index is 149. The zero-order chi connectivity index (χ0) is 10.4. The largest absolute Gasteiger partial charge is 0.311 e. The van der Waals surface area contributed by atoms with Crippen LogP contribution >= 0.6 is 11.8 Å². The SMILES string of the molecule is CCSCCC(C)NC1CCC(C)C1. The molecule has 0 amide bonds. The van der Waals surface area contributed by atoms with Crippen LogP contribution in [0.4, 0.5) is 0 Å². The molecule has 1 saturated carbocycles. The lowest BCUT2D eigenvalue weighted by atomic mass is 10.1. The number of rotatable bonds is 6. The average Bonchev–Trinajstić information content (AvgIpc) is 2.52. The second-order valence-electron chi connectivity index (χ2n) is 4.67. The molecule has 0 saturated heterocycles. The summed E-state index contributed by atoms with van der Waals surface area (Å²) in [6.07, 6.45) is 5.54. The van der Waals surface area contributed by atoms with Crippen molar-refractivity contribution in [2.24, 2.45) is 5.92 Å². The molecule has 1 fully saturated rings. The van der Waals surface area contributed by atoms with Crippen molar-refractivity contribution in [3.05, 3.63) is 0 Å². The first-order valence-electron chi connectivity index (χ1n) is 6.06. The van der Waals surface area contributed by atoms with Crippen LogP contribution in [-0.2, 0) is 0 Å². The normalized spacial score (nSPS) is 29.4. The second-order valence-corrected chi connectivity index (χ2v) is 6.06. The maximum Gasteiger partial charge on any atom is 0.00721 e. The molecule has 84 valence electrons. The molecule has 2 heteroatoms. The monoisotopic (exact) mass is 215 g/mol. The van der Waals surface area contributed by atoms with E-state index < -0.39 is 0 Å². The van der Waals surface area contributed by atoms with E-state index in [1.807, 2.05) is 0 Å². The molecule has 0 bridgehead atoms. The first-order valence-corrected chi connectivity index (χ1v) is 7.21. The first kappa shape index (κ1) is 12.4. The molecule has 0 aromatic rings. The van der Waals surface area contributed by atoms with Crippen molar-refractivity contribution >= 4 is 11.8 Å². The molecule has 3 atom stereocenters. The van der Waals surface area contributed by atoms with Crippen LogP contribution < -0.4 is 5.32 Å². The molecule has 1 rings (SSSR count). The van der Waals surface area contributed by atoms with Gasteiger partial charge in [0.1, 0.15) is 0 Å². The van der Waals surface area contributed by atoms with E-state index in [1.165, 1.54) is 37.2 Å². The summed E-state index contributed by atoms with van der Waals surface area (Å²) in [5, 5.41) is 3.75. The van der Waals surface area contributed by atoms with E-state index in [0.29, 0.717) is 6.04 Å². The van der Waals surface area contributed by atoms with Crippen molar-refractivity contribution in [2.45, 2.75) is 58.5 Å². The summed E-state index contributed by atoms with van der Waals surface area (Å²) in [4.78, 5) is 0. The molecule has 0 radical (unpaired) electrons. The highest BCUT2D eigenvalue weighted by Gasteiger charge is 2.21. The van der Waals surface area contributed by atoms with Gasteiger partial charge in [-0.25, -0.2) is 0 Å². The van der Waals surface area contributed by atoms with Crippen LogP contribution in [0.5, 0.6) is 0 Å². The van der Waals surface area contributed by atoms with Gasteiger partial charge in [0, 0.05) is 12.1 Å². The van der Waals surface area contributed by atoms with Gasteiger partial charge in [-0.3, -0.25) is 0 Å². The van der Waals surface area contributed by atoms with Crippen molar-refractivity contribution in [1.82, 2.24) is 5.32 Å². The van der Waals surface area contributed by atoms with Crippen molar-refractivity contribution in [3.63, 3.8) is 0 Å². The summed E-state index contributed by atoms with van der Waals surface area (Å²) < 4.78 is 0. The summed E-state index contributed by atoms with van der Waals surface area (Å²) in [7, 11) is 0. The Kier molecular flexibility index (Phi) is 5.95. The lowest BCUT2D eigenvalue weighted by Crippen LogP contribution is -2.35. The summed E-state index contributed by atoms with van der Waals surface area (Å²) in [6.45, 7) is 6.94. The van der Waals surface area contributed by atoms with E-state index in [9.17, 15) is 0 Å². The fourth-order valence-corrected chi connectivity index (χ4v) is 3.06. The van der Waals surface area contributed by atoms with Crippen LogP contribution in [-0.4, -0.2) is 23.6 Å². The average molecular weight is 215 g/mol. The standard InChI is InChI=1S/C12H25NS/c1-4-14-8-7-11(3)13-12-6-5-10(2)9-12/h10-13H,4-9H2,1-3H3. The lowest BCUT2D eigenvalue weighted by molar-refractivity contribution is 0.434. The topological polar surface area (TPSA) is 12.0 Å². The fourth-order valence-electron chi connectivity index (χ4n) is 2.25. The molecule has 0 aliphatic heterocycles. The zero-order valence-corrected chi connectivity index (χ0v) is 10.7. The Hall–Kier alpha value is 0.310. The molecule has 0 aromatic heterocycles. The van der Waals surface area contributed by atoms with Crippen LogP contribution in [0.25, 0.3) is 0 Å². The van der Waals surface area contributed by atoms with Crippen molar-refractivity contribution in [1.29, 1.82) is 0 Å². The summed E-state index contributed by atoms with van der Waals surface area (Å²) >= 11 is 2.05. The molecular weight excluding hydrogens is 190 g/mol. The number of thioether (sulfide) groups is 1.